The maximum Gasteiger partial charge on any atom is 0.255 e. The summed E-state index contributed by atoms with van der Waals surface area (Å²) in [6.07, 6.45) is 2.83. The molecule has 1 aliphatic heterocycles. The van der Waals surface area contributed by atoms with E-state index in [-0.39, 0.29) is 28.7 Å². The van der Waals surface area contributed by atoms with Crippen molar-refractivity contribution in [2.45, 2.75) is 76.7 Å². The SMILES string of the molecule is CC(C)c1cccc(C(C)C)c1NC(=O)c1ccc(S(=O)(=O)N2CCCCC2C)cc1. The molecule has 1 N–H and O–H groups in total. The van der Waals surface area contributed by atoms with E-state index in [2.05, 4.69) is 33.0 Å². The molecular formula is C25H34N2O3S. The van der Waals surface area contributed by atoms with Gasteiger partial charge in [0.05, 0.1) is 4.90 Å². The van der Waals surface area contributed by atoms with E-state index >= 15 is 0 Å². The summed E-state index contributed by atoms with van der Waals surface area (Å²) in [7, 11) is -3.55. The van der Waals surface area contributed by atoms with Gasteiger partial charge >= 0.3 is 0 Å². The van der Waals surface area contributed by atoms with Gasteiger partial charge in [0.2, 0.25) is 10.0 Å². The van der Waals surface area contributed by atoms with Crippen LogP contribution in [-0.2, 0) is 10.0 Å². The lowest BCUT2D eigenvalue weighted by Gasteiger charge is -2.32. The third kappa shape index (κ3) is 5.01. The molecule has 2 aromatic carbocycles. The van der Waals surface area contributed by atoms with E-state index in [1.807, 2.05) is 25.1 Å². The Hall–Kier alpha value is -2.18. The lowest BCUT2D eigenvalue weighted by molar-refractivity contribution is 0.102. The van der Waals surface area contributed by atoms with Crippen molar-refractivity contribution in [3.05, 3.63) is 59.2 Å². The van der Waals surface area contributed by atoms with Crippen LogP contribution < -0.4 is 5.32 Å². The van der Waals surface area contributed by atoms with Gasteiger partial charge < -0.3 is 5.32 Å². The zero-order chi connectivity index (χ0) is 22.8. The number of carbonyl (C=O) groups is 1. The fraction of sp³-hybridized carbons (Fsp3) is 0.480. The maximum absolute atomic E-state index is 13.0. The Labute approximate surface area is 186 Å². The van der Waals surface area contributed by atoms with Crippen LogP contribution in [0.5, 0.6) is 0 Å². The minimum Gasteiger partial charge on any atom is -0.321 e. The molecule has 168 valence electrons. The van der Waals surface area contributed by atoms with Crippen LogP contribution in [-0.4, -0.2) is 31.2 Å². The highest BCUT2D eigenvalue weighted by Gasteiger charge is 2.31. The molecule has 1 fully saturated rings. The number of nitrogens with one attached hydrogen (secondary N) is 1. The van der Waals surface area contributed by atoms with Crippen molar-refractivity contribution in [2.24, 2.45) is 0 Å². The Kier molecular flexibility index (Phi) is 7.22. The first-order chi connectivity index (χ1) is 14.6. The van der Waals surface area contributed by atoms with Crippen molar-refractivity contribution < 1.29 is 13.2 Å². The van der Waals surface area contributed by atoms with Gasteiger partial charge in [0.25, 0.3) is 5.91 Å². The van der Waals surface area contributed by atoms with Gasteiger partial charge in [0, 0.05) is 23.8 Å². The van der Waals surface area contributed by atoms with Gasteiger partial charge in [-0.15, -0.1) is 0 Å². The zero-order valence-electron chi connectivity index (χ0n) is 19.2. The lowest BCUT2D eigenvalue weighted by atomic mass is 9.92. The molecule has 1 atom stereocenters. The van der Waals surface area contributed by atoms with E-state index in [1.54, 1.807) is 28.6 Å². The molecule has 1 saturated heterocycles. The molecule has 0 bridgehead atoms. The number of para-hydroxylation sites is 1. The second-order valence-electron chi connectivity index (χ2n) is 9.06. The van der Waals surface area contributed by atoms with Gasteiger partial charge in [-0.25, -0.2) is 8.42 Å². The fourth-order valence-electron chi connectivity index (χ4n) is 4.22. The molecular weight excluding hydrogens is 408 g/mol. The van der Waals surface area contributed by atoms with E-state index in [9.17, 15) is 13.2 Å². The first-order valence-electron chi connectivity index (χ1n) is 11.2. The van der Waals surface area contributed by atoms with Crippen molar-refractivity contribution in [1.82, 2.24) is 4.31 Å². The highest BCUT2D eigenvalue weighted by atomic mass is 32.2. The van der Waals surface area contributed by atoms with Crippen LogP contribution in [0.4, 0.5) is 5.69 Å². The van der Waals surface area contributed by atoms with Gasteiger partial charge in [-0.2, -0.15) is 4.31 Å². The molecule has 1 heterocycles. The molecule has 2 aromatic rings. The molecule has 5 nitrogen and oxygen atoms in total. The van der Waals surface area contributed by atoms with Crippen LogP contribution in [0.2, 0.25) is 0 Å². The van der Waals surface area contributed by atoms with Gasteiger partial charge in [0.15, 0.2) is 0 Å². The van der Waals surface area contributed by atoms with Crippen molar-refractivity contribution >= 4 is 21.6 Å². The van der Waals surface area contributed by atoms with Crippen molar-refractivity contribution in [3.8, 4) is 0 Å². The number of rotatable bonds is 6. The number of hydrogen-bond acceptors (Lipinski definition) is 3. The van der Waals surface area contributed by atoms with Gasteiger partial charge in [-0.05, 0) is 67.0 Å². The predicted octanol–water partition coefficient (Wildman–Crippen LogP) is 5.75. The van der Waals surface area contributed by atoms with Crippen LogP contribution >= 0.6 is 0 Å². The summed E-state index contributed by atoms with van der Waals surface area (Å²) in [6.45, 7) is 10.9. The largest absolute Gasteiger partial charge is 0.321 e. The summed E-state index contributed by atoms with van der Waals surface area (Å²) in [5, 5.41) is 3.09. The molecule has 0 spiro atoms. The minimum atomic E-state index is -3.55. The first-order valence-corrected chi connectivity index (χ1v) is 12.6. The quantitative estimate of drug-likeness (QED) is 0.619. The minimum absolute atomic E-state index is 0.00344. The third-order valence-corrected chi connectivity index (χ3v) is 8.10. The number of anilines is 1. The number of nitrogens with zero attached hydrogens (tertiary/aromatic N) is 1. The summed E-state index contributed by atoms with van der Waals surface area (Å²) >= 11 is 0. The molecule has 31 heavy (non-hydrogen) atoms. The lowest BCUT2D eigenvalue weighted by Crippen LogP contribution is -2.41. The van der Waals surface area contributed by atoms with Crippen LogP contribution in [0.15, 0.2) is 47.4 Å². The summed E-state index contributed by atoms with van der Waals surface area (Å²) < 4.78 is 27.7. The highest BCUT2D eigenvalue weighted by Crippen LogP contribution is 2.33. The van der Waals surface area contributed by atoms with E-state index in [0.29, 0.717) is 12.1 Å². The summed E-state index contributed by atoms with van der Waals surface area (Å²) in [4.78, 5) is 13.2. The normalized spacial score (nSPS) is 17.8. The molecule has 6 heteroatoms. The van der Waals surface area contributed by atoms with Gasteiger partial charge in [0.1, 0.15) is 0 Å². The first kappa shape index (κ1) is 23.5. The Morgan fingerprint density at radius 2 is 1.55 bits per heavy atom. The van der Waals surface area contributed by atoms with E-state index in [0.717, 1.165) is 36.1 Å². The second-order valence-corrected chi connectivity index (χ2v) is 11.0. The fourth-order valence-corrected chi connectivity index (χ4v) is 5.92. The second kappa shape index (κ2) is 9.53. The van der Waals surface area contributed by atoms with Crippen molar-refractivity contribution in [3.63, 3.8) is 0 Å². The number of amides is 1. The zero-order valence-corrected chi connectivity index (χ0v) is 20.0. The molecule has 0 radical (unpaired) electrons. The molecule has 1 unspecified atom stereocenters. The summed E-state index contributed by atoms with van der Waals surface area (Å²) in [5.74, 6) is 0.311. The van der Waals surface area contributed by atoms with E-state index < -0.39 is 10.0 Å². The van der Waals surface area contributed by atoms with Crippen molar-refractivity contribution in [2.75, 3.05) is 11.9 Å². The average molecular weight is 443 g/mol. The number of hydrogen-bond donors (Lipinski definition) is 1. The number of piperidine rings is 1. The molecule has 0 aliphatic carbocycles. The number of carbonyl (C=O) groups excluding carboxylic acids is 1. The predicted molar refractivity (Wildman–Crippen MR) is 126 cm³/mol. The van der Waals surface area contributed by atoms with E-state index in [1.165, 1.54) is 0 Å². The van der Waals surface area contributed by atoms with E-state index in [4.69, 9.17) is 0 Å². The van der Waals surface area contributed by atoms with Crippen LogP contribution in [0.1, 0.15) is 87.2 Å². The highest BCUT2D eigenvalue weighted by molar-refractivity contribution is 7.89. The Bertz CT molecular complexity index is 1000. The van der Waals surface area contributed by atoms with Crippen LogP contribution in [0.25, 0.3) is 0 Å². The standard InChI is InChI=1S/C25H34N2O3S/c1-17(2)22-10-8-11-23(18(3)4)24(22)26-25(28)20-12-14-21(15-13-20)31(29,30)27-16-7-6-9-19(27)5/h8,10-15,17-19H,6-7,9,16H2,1-5H3,(H,26,28). The van der Waals surface area contributed by atoms with Gasteiger partial charge in [-0.1, -0.05) is 52.3 Å². The summed E-state index contributed by atoms with van der Waals surface area (Å²) in [5.41, 5.74) is 3.49. The number of benzene rings is 2. The Morgan fingerprint density at radius 1 is 0.968 bits per heavy atom. The molecule has 0 saturated carbocycles. The monoisotopic (exact) mass is 442 g/mol. The average Bonchev–Trinajstić information content (AvgIpc) is 2.73. The van der Waals surface area contributed by atoms with Crippen molar-refractivity contribution in [1.29, 1.82) is 0 Å². The molecule has 0 aromatic heterocycles. The van der Waals surface area contributed by atoms with Gasteiger partial charge in [-0.3, -0.25) is 4.79 Å². The number of sulfonamides is 1. The Balaban J connectivity index is 1.85. The van der Waals surface area contributed by atoms with Crippen LogP contribution in [0, 0.1) is 0 Å². The smallest absolute Gasteiger partial charge is 0.255 e. The molecule has 1 amide bonds. The Morgan fingerprint density at radius 3 is 2.06 bits per heavy atom. The van der Waals surface area contributed by atoms with Crippen LogP contribution in [0.3, 0.4) is 0 Å². The molecule has 1 aliphatic rings. The topological polar surface area (TPSA) is 66.5 Å². The maximum atomic E-state index is 13.0. The summed E-state index contributed by atoms with van der Waals surface area (Å²) in [6, 6.07) is 12.4. The molecule has 3 rings (SSSR count). The third-order valence-electron chi connectivity index (χ3n) is 6.08.